The van der Waals surface area contributed by atoms with Crippen molar-refractivity contribution in [3.8, 4) is 0 Å². The molecule has 0 amide bonds. The van der Waals surface area contributed by atoms with Crippen molar-refractivity contribution < 1.29 is 0 Å². The van der Waals surface area contributed by atoms with Crippen molar-refractivity contribution in [1.29, 1.82) is 0 Å². The third-order valence-electron chi connectivity index (χ3n) is 2.13. The van der Waals surface area contributed by atoms with Gasteiger partial charge in [-0.15, -0.1) is 11.6 Å². The van der Waals surface area contributed by atoms with Gasteiger partial charge < -0.3 is 0 Å². The van der Waals surface area contributed by atoms with E-state index in [0.717, 1.165) is 18.2 Å². The van der Waals surface area contributed by atoms with Crippen LogP contribution in [0.1, 0.15) is 18.7 Å². The van der Waals surface area contributed by atoms with Crippen molar-refractivity contribution in [2.75, 3.05) is 0 Å². The summed E-state index contributed by atoms with van der Waals surface area (Å²) >= 11 is 6.13. The highest BCUT2D eigenvalue weighted by Gasteiger charge is 2.30. The van der Waals surface area contributed by atoms with Crippen LogP contribution in [0, 0.1) is 5.92 Å². The van der Waals surface area contributed by atoms with Gasteiger partial charge in [0.2, 0.25) is 0 Å². The first-order valence-corrected chi connectivity index (χ1v) is 4.70. The van der Waals surface area contributed by atoms with E-state index >= 15 is 0 Å². The van der Waals surface area contributed by atoms with Gasteiger partial charge in [-0.2, -0.15) is 0 Å². The van der Waals surface area contributed by atoms with Gasteiger partial charge >= 0.3 is 0 Å². The maximum absolute atomic E-state index is 6.13. The third-order valence-corrected chi connectivity index (χ3v) is 2.64. The Morgan fingerprint density at radius 3 is 2.67 bits per heavy atom. The standard InChI is InChI=1S/C9H11ClN2/c10-8(7-2-3-7)6-9-11-4-1-5-12-9/h1,4-5,7-8H,2-3,6H2. The molecule has 1 saturated carbocycles. The summed E-state index contributed by atoms with van der Waals surface area (Å²) < 4.78 is 0. The van der Waals surface area contributed by atoms with Crippen molar-refractivity contribution >= 4 is 11.6 Å². The lowest BCUT2D eigenvalue weighted by atomic mass is 10.2. The Labute approximate surface area is 77.0 Å². The number of aromatic nitrogens is 2. The van der Waals surface area contributed by atoms with Crippen LogP contribution in [-0.4, -0.2) is 15.3 Å². The van der Waals surface area contributed by atoms with Gasteiger partial charge in [-0.25, -0.2) is 9.97 Å². The predicted octanol–water partition coefficient (Wildman–Crippen LogP) is 2.04. The van der Waals surface area contributed by atoms with Crippen LogP contribution in [0.4, 0.5) is 0 Å². The highest BCUT2D eigenvalue weighted by molar-refractivity contribution is 6.21. The number of alkyl halides is 1. The van der Waals surface area contributed by atoms with Crippen molar-refractivity contribution in [2.45, 2.75) is 24.6 Å². The Morgan fingerprint density at radius 2 is 2.08 bits per heavy atom. The van der Waals surface area contributed by atoms with E-state index in [2.05, 4.69) is 9.97 Å². The van der Waals surface area contributed by atoms with Crippen LogP contribution in [-0.2, 0) is 6.42 Å². The molecule has 1 fully saturated rings. The molecule has 0 saturated heterocycles. The Morgan fingerprint density at radius 1 is 1.42 bits per heavy atom. The second-order valence-corrected chi connectivity index (χ2v) is 3.78. The molecular weight excluding hydrogens is 172 g/mol. The lowest BCUT2D eigenvalue weighted by molar-refractivity contribution is 0.707. The van der Waals surface area contributed by atoms with Crippen LogP contribution < -0.4 is 0 Å². The molecule has 0 aromatic carbocycles. The minimum atomic E-state index is 0.243. The van der Waals surface area contributed by atoms with Gasteiger partial charge in [0.15, 0.2) is 0 Å². The minimum absolute atomic E-state index is 0.243. The van der Waals surface area contributed by atoms with Crippen LogP contribution in [0.25, 0.3) is 0 Å². The second kappa shape index (κ2) is 3.40. The Bertz CT molecular complexity index is 246. The zero-order chi connectivity index (χ0) is 8.39. The molecule has 0 radical (unpaired) electrons. The first-order valence-electron chi connectivity index (χ1n) is 4.26. The largest absolute Gasteiger partial charge is 0.241 e. The van der Waals surface area contributed by atoms with Crippen molar-refractivity contribution in [3.05, 3.63) is 24.3 Å². The maximum Gasteiger partial charge on any atom is 0.129 e. The zero-order valence-corrected chi connectivity index (χ0v) is 7.54. The van der Waals surface area contributed by atoms with E-state index in [1.54, 1.807) is 12.4 Å². The van der Waals surface area contributed by atoms with E-state index in [1.807, 2.05) is 6.07 Å². The highest BCUT2D eigenvalue weighted by atomic mass is 35.5. The van der Waals surface area contributed by atoms with Crippen LogP contribution in [0.5, 0.6) is 0 Å². The van der Waals surface area contributed by atoms with Gasteiger partial charge in [-0.1, -0.05) is 0 Å². The Balaban J connectivity index is 1.94. The molecule has 0 N–H and O–H groups in total. The monoisotopic (exact) mass is 182 g/mol. The van der Waals surface area contributed by atoms with E-state index in [9.17, 15) is 0 Å². The Hall–Kier alpha value is -0.630. The Kier molecular flexibility index (Phi) is 2.26. The van der Waals surface area contributed by atoms with Crippen molar-refractivity contribution in [3.63, 3.8) is 0 Å². The van der Waals surface area contributed by atoms with E-state index in [0.29, 0.717) is 0 Å². The minimum Gasteiger partial charge on any atom is -0.241 e. The van der Waals surface area contributed by atoms with Crippen LogP contribution in [0.2, 0.25) is 0 Å². The zero-order valence-electron chi connectivity index (χ0n) is 6.78. The van der Waals surface area contributed by atoms with Gasteiger partial charge in [-0.05, 0) is 24.8 Å². The molecule has 0 bridgehead atoms. The molecule has 1 atom stereocenters. The lowest BCUT2D eigenvalue weighted by Gasteiger charge is -2.04. The molecule has 1 aliphatic carbocycles. The average molecular weight is 183 g/mol. The van der Waals surface area contributed by atoms with Gasteiger partial charge in [0, 0.05) is 24.2 Å². The summed E-state index contributed by atoms with van der Waals surface area (Å²) in [6.07, 6.45) is 6.90. The third kappa shape index (κ3) is 1.95. The lowest BCUT2D eigenvalue weighted by Crippen LogP contribution is -2.08. The summed E-state index contributed by atoms with van der Waals surface area (Å²) in [6.45, 7) is 0. The molecule has 12 heavy (non-hydrogen) atoms. The summed E-state index contributed by atoms with van der Waals surface area (Å²) in [6, 6.07) is 1.82. The maximum atomic E-state index is 6.13. The summed E-state index contributed by atoms with van der Waals surface area (Å²) in [5.74, 6) is 1.58. The van der Waals surface area contributed by atoms with Crippen molar-refractivity contribution in [2.24, 2.45) is 5.92 Å². The fourth-order valence-electron chi connectivity index (χ4n) is 1.23. The molecule has 0 aliphatic heterocycles. The van der Waals surface area contributed by atoms with Crippen molar-refractivity contribution in [1.82, 2.24) is 9.97 Å². The first-order chi connectivity index (χ1) is 5.86. The molecule has 2 nitrogen and oxygen atoms in total. The van der Waals surface area contributed by atoms with E-state index in [1.165, 1.54) is 12.8 Å². The van der Waals surface area contributed by atoms with E-state index in [4.69, 9.17) is 11.6 Å². The van der Waals surface area contributed by atoms with Gasteiger partial charge in [0.25, 0.3) is 0 Å². The quantitative estimate of drug-likeness (QED) is 0.669. The van der Waals surface area contributed by atoms with E-state index < -0.39 is 0 Å². The summed E-state index contributed by atoms with van der Waals surface area (Å²) in [5, 5.41) is 0.243. The normalized spacial score (nSPS) is 19.1. The van der Waals surface area contributed by atoms with Crippen LogP contribution >= 0.6 is 11.6 Å². The van der Waals surface area contributed by atoms with Gasteiger partial charge in [0.05, 0.1) is 0 Å². The number of rotatable bonds is 3. The fourth-order valence-corrected chi connectivity index (χ4v) is 1.62. The molecule has 64 valence electrons. The molecule has 1 aromatic rings. The molecule has 2 rings (SSSR count). The molecule has 1 aliphatic rings. The summed E-state index contributed by atoms with van der Waals surface area (Å²) in [5.41, 5.74) is 0. The predicted molar refractivity (Wildman–Crippen MR) is 48.1 cm³/mol. The number of hydrogen-bond donors (Lipinski definition) is 0. The number of nitrogens with zero attached hydrogens (tertiary/aromatic N) is 2. The second-order valence-electron chi connectivity index (χ2n) is 3.22. The topological polar surface area (TPSA) is 25.8 Å². The molecule has 1 heterocycles. The number of halogens is 1. The molecule has 3 heteroatoms. The average Bonchev–Trinajstić information content (AvgIpc) is 2.88. The van der Waals surface area contributed by atoms with E-state index in [-0.39, 0.29) is 5.38 Å². The summed E-state index contributed by atoms with van der Waals surface area (Å²) in [4.78, 5) is 8.27. The highest BCUT2D eigenvalue weighted by Crippen LogP contribution is 2.36. The van der Waals surface area contributed by atoms with Crippen LogP contribution in [0.15, 0.2) is 18.5 Å². The molecule has 1 aromatic heterocycles. The van der Waals surface area contributed by atoms with Gasteiger partial charge in [0.1, 0.15) is 5.82 Å². The van der Waals surface area contributed by atoms with Gasteiger partial charge in [-0.3, -0.25) is 0 Å². The first kappa shape index (κ1) is 7.99. The van der Waals surface area contributed by atoms with Crippen LogP contribution in [0.3, 0.4) is 0 Å². The SMILES string of the molecule is ClC(Cc1ncccn1)C1CC1. The molecular formula is C9H11ClN2. The fraction of sp³-hybridized carbons (Fsp3) is 0.556. The smallest absolute Gasteiger partial charge is 0.129 e. The molecule has 1 unspecified atom stereocenters. The summed E-state index contributed by atoms with van der Waals surface area (Å²) in [7, 11) is 0. The number of hydrogen-bond acceptors (Lipinski definition) is 2. The molecule has 0 spiro atoms.